The molecule has 1 saturated heterocycles. The lowest BCUT2D eigenvalue weighted by molar-refractivity contribution is 0.150. The van der Waals surface area contributed by atoms with Crippen molar-refractivity contribution in [3.8, 4) is 0 Å². The molecule has 1 fully saturated rings. The van der Waals surface area contributed by atoms with Gasteiger partial charge >= 0.3 is 6.09 Å². The summed E-state index contributed by atoms with van der Waals surface area (Å²) < 4.78 is 5.21. The fraction of sp³-hybridized carbons (Fsp3) is 0.0625. The second-order valence-corrected chi connectivity index (χ2v) is 4.46. The first kappa shape index (κ1) is 13.1. The predicted molar refractivity (Wildman–Crippen MR) is 80.3 cm³/mol. The molecule has 2 aromatic carbocycles. The number of alkyl carbamates (subject to hydrolysis) is 1. The number of carbonyl (C=O) groups is 1. The quantitative estimate of drug-likeness (QED) is 0.693. The van der Waals surface area contributed by atoms with Gasteiger partial charge in [-0.05, 0) is 5.56 Å². The molecule has 0 radical (unpaired) electrons. The van der Waals surface area contributed by atoms with Gasteiger partial charge in [-0.15, -0.1) is 5.10 Å². The lowest BCUT2D eigenvalue weighted by Crippen LogP contribution is -2.21. The minimum absolute atomic E-state index is 0.387. The zero-order chi connectivity index (χ0) is 14.5. The van der Waals surface area contributed by atoms with Crippen molar-refractivity contribution in [3.05, 3.63) is 71.8 Å². The summed E-state index contributed by atoms with van der Waals surface area (Å²) in [6, 6.07) is 19.0. The third-order valence-corrected chi connectivity index (χ3v) is 2.98. The Kier molecular flexibility index (Phi) is 3.73. The third kappa shape index (κ3) is 3.14. The van der Waals surface area contributed by atoms with E-state index in [0.717, 1.165) is 11.1 Å². The van der Waals surface area contributed by atoms with Crippen LogP contribution in [0, 0.1) is 0 Å². The molecule has 1 aliphatic heterocycles. The smallest absolute Gasteiger partial charge is 0.413 e. The zero-order valence-corrected chi connectivity index (χ0v) is 11.1. The predicted octanol–water partition coefficient (Wildman–Crippen LogP) is 2.90. The fourth-order valence-corrected chi connectivity index (χ4v) is 1.99. The van der Waals surface area contributed by atoms with Gasteiger partial charge in [0.2, 0.25) is 0 Å². The van der Waals surface area contributed by atoms with Gasteiger partial charge in [0, 0.05) is 5.56 Å². The van der Waals surface area contributed by atoms with E-state index in [9.17, 15) is 4.79 Å². The molecule has 1 atom stereocenters. The van der Waals surface area contributed by atoms with E-state index in [4.69, 9.17) is 4.74 Å². The molecular formula is C16H13N3O2. The van der Waals surface area contributed by atoms with Gasteiger partial charge in [0.15, 0.2) is 11.9 Å². The van der Waals surface area contributed by atoms with Crippen molar-refractivity contribution in [3.63, 3.8) is 0 Å². The summed E-state index contributed by atoms with van der Waals surface area (Å²) in [5.74, 6) is 0.387. The van der Waals surface area contributed by atoms with Crippen LogP contribution in [0.15, 0.2) is 70.9 Å². The molecule has 1 heterocycles. The molecule has 0 aliphatic carbocycles. The van der Waals surface area contributed by atoms with Crippen LogP contribution in [0.2, 0.25) is 0 Å². The summed E-state index contributed by atoms with van der Waals surface area (Å²) in [5.41, 5.74) is 1.79. The van der Waals surface area contributed by atoms with Gasteiger partial charge in [-0.1, -0.05) is 60.7 Å². The molecule has 2 aromatic rings. The third-order valence-electron chi connectivity index (χ3n) is 2.98. The summed E-state index contributed by atoms with van der Waals surface area (Å²) in [6.07, 6.45) is 0.573. The molecule has 1 unspecified atom stereocenters. The van der Waals surface area contributed by atoms with Crippen LogP contribution in [0.5, 0.6) is 0 Å². The first-order valence-electron chi connectivity index (χ1n) is 6.51. The van der Waals surface area contributed by atoms with E-state index in [2.05, 4.69) is 15.5 Å². The Hall–Kier alpha value is -2.95. The number of nitrogens with one attached hydrogen (secondary N) is 1. The molecule has 1 amide bonds. The van der Waals surface area contributed by atoms with E-state index >= 15 is 0 Å². The summed E-state index contributed by atoms with van der Waals surface area (Å²) in [7, 11) is 0. The Morgan fingerprint density at radius 1 is 1.00 bits per heavy atom. The molecule has 104 valence electrons. The van der Waals surface area contributed by atoms with Crippen molar-refractivity contribution >= 4 is 18.1 Å². The normalized spacial score (nSPS) is 19.7. The van der Waals surface area contributed by atoms with Crippen LogP contribution in [0.4, 0.5) is 4.79 Å². The maximum absolute atomic E-state index is 11.4. The number of amides is 1. The van der Waals surface area contributed by atoms with Crippen LogP contribution >= 0.6 is 0 Å². The minimum Gasteiger partial charge on any atom is -0.433 e. The molecular weight excluding hydrogens is 266 g/mol. The number of cyclic esters (lactones) is 1. The van der Waals surface area contributed by atoms with E-state index < -0.39 is 12.2 Å². The number of nitrogens with zero attached hydrogens (tertiary/aromatic N) is 2. The average Bonchev–Trinajstić information content (AvgIpc) is 2.90. The zero-order valence-electron chi connectivity index (χ0n) is 11.1. The molecule has 0 saturated carbocycles. The number of ether oxygens (including phenoxy) is 1. The standard InChI is InChI=1S/C16H13N3O2/c20-16-18-15(14(21-16)13-9-5-2-6-10-13)19-17-11-12-7-3-1-4-8-12/h1-11,14H,(H,18,19,20)/b17-11-. The van der Waals surface area contributed by atoms with Crippen LogP contribution in [0.3, 0.4) is 0 Å². The molecule has 21 heavy (non-hydrogen) atoms. The molecule has 5 nitrogen and oxygen atoms in total. The van der Waals surface area contributed by atoms with Gasteiger partial charge in [0.1, 0.15) is 0 Å². The van der Waals surface area contributed by atoms with Crippen molar-refractivity contribution < 1.29 is 9.53 Å². The molecule has 1 N–H and O–H groups in total. The van der Waals surface area contributed by atoms with Crippen LogP contribution in [0.25, 0.3) is 0 Å². The number of rotatable bonds is 3. The second kappa shape index (κ2) is 6.00. The first-order valence-corrected chi connectivity index (χ1v) is 6.51. The highest BCUT2D eigenvalue weighted by Gasteiger charge is 2.31. The highest BCUT2D eigenvalue weighted by Crippen LogP contribution is 2.22. The van der Waals surface area contributed by atoms with Crippen LogP contribution in [-0.2, 0) is 4.74 Å². The number of hydrogen-bond acceptors (Lipinski definition) is 4. The summed E-state index contributed by atoms with van der Waals surface area (Å²) >= 11 is 0. The lowest BCUT2D eigenvalue weighted by Gasteiger charge is -2.07. The summed E-state index contributed by atoms with van der Waals surface area (Å²) in [6.45, 7) is 0. The van der Waals surface area contributed by atoms with Crippen molar-refractivity contribution in [1.82, 2.24) is 5.32 Å². The number of hydrogen-bond donors (Lipinski definition) is 1. The Labute approximate surface area is 122 Å². The summed E-state index contributed by atoms with van der Waals surface area (Å²) in [4.78, 5) is 11.4. The largest absolute Gasteiger partial charge is 0.433 e. The highest BCUT2D eigenvalue weighted by molar-refractivity contribution is 6.03. The van der Waals surface area contributed by atoms with Crippen molar-refractivity contribution in [1.29, 1.82) is 0 Å². The molecule has 0 bridgehead atoms. The minimum atomic E-state index is -0.536. The molecule has 1 aliphatic rings. The second-order valence-electron chi connectivity index (χ2n) is 4.46. The number of amidine groups is 1. The van der Waals surface area contributed by atoms with E-state index in [1.54, 1.807) is 6.21 Å². The maximum Gasteiger partial charge on any atom is 0.413 e. The van der Waals surface area contributed by atoms with E-state index in [0.29, 0.717) is 5.84 Å². The summed E-state index contributed by atoms with van der Waals surface area (Å²) in [5, 5.41) is 10.6. The van der Waals surface area contributed by atoms with Gasteiger partial charge < -0.3 is 4.74 Å². The van der Waals surface area contributed by atoms with Crippen LogP contribution in [0.1, 0.15) is 17.2 Å². The number of carbonyl (C=O) groups excluding carboxylic acids is 1. The van der Waals surface area contributed by atoms with E-state index in [1.807, 2.05) is 60.7 Å². The monoisotopic (exact) mass is 279 g/mol. The van der Waals surface area contributed by atoms with E-state index in [-0.39, 0.29) is 0 Å². The van der Waals surface area contributed by atoms with Gasteiger partial charge in [-0.3, -0.25) is 5.32 Å². The SMILES string of the molecule is O=C1N/C(=N\N=C/c2ccccc2)C(c2ccccc2)O1. The number of benzene rings is 2. The van der Waals surface area contributed by atoms with Gasteiger partial charge in [0.05, 0.1) is 6.21 Å². The molecule has 0 spiro atoms. The first-order chi connectivity index (χ1) is 10.3. The molecule has 5 heteroatoms. The molecule has 0 aromatic heterocycles. The van der Waals surface area contributed by atoms with Crippen molar-refractivity contribution in [2.75, 3.05) is 0 Å². The average molecular weight is 279 g/mol. The molecule has 3 rings (SSSR count). The Morgan fingerprint density at radius 2 is 1.67 bits per heavy atom. The highest BCUT2D eigenvalue weighted by atomic mass is 16.6. The fourth-order valence-electron chi connectivity index (χ4n) is 1.99. The maximum atomic E-state index is 11.4. The Morgan fingerprint density at radius 3 is 2.38 bits per heavy atom. The van der Waals surface area contributed by atoms with Crippen LogP contribution in [-0.4, -0.2) is 18.1 Å². The van der Waals surface area contributed by atoms with Gasteiger partial charge in [-0.2, -0.15) is 5.10 Å². The van der Waals surface area contributed by atoms with Crippen LogP contribution < -0.4 is 5.32 Å². The van der Waals surface area contributed by atoms with Crippen molar-refractivity contribution in [2.45, 2.75) is 6.10 Å². The van der Waals surface area contributed by atoms with Crippen molar-refractivity contribution in [2.24, 2.45) is 10.2 Å². The van der Waals surface area contributed by atoms with E-state index in [1.165, 1.54) is 0 Å². The lowest BCUT2D eigenvalue weighted by atomic mass is 10.1. The topological polar surface area (TPSA) is 63.0 Å². The van der Waals surface area contributed by atoms with Gasteiger partial charge in [-0.25, -0.2) is 4.79 Å². The van der Waals surface area contributed by atoms with Gasteiger partial charge in [0.25, 0.3) is 0 Å². The Balaban J connectivity index is 1.81. The Bertz CT molecular complexity index is 681.